The third-order valence-corrected chi connectivity index (χ3v) is 3.20. The van der Waals surface area contributed by atoms with Crippen molar-refractivity contribution in [1.82, 2.24) is 0 Å². The van der Waals surface area contributed by atoms with Crippen molar-refractivity contribution >= 4 is 27.6 Å². The fraction of sp³-hybridized carbons (Fsp3) is 0.462. The molecule has 5 heteroatoms. The van der Waals surface area contributed by atoms with Crippen LogP contribution >= 0.6 is 15.9 Å². The molecule has 1 rings (SSSR count). The molecule has 4 nitrogen and oxygen atoms in total. The van der Waals surface area contributed by atoms with Gasteiger partial charge in [0.2, 0.25) is 0 Å². The lowest BCUT2D eigenvalue weighted by atomic mass is 10.0. The van der Waals surface area contributed by atoms with E-state index in [2.05, 4.69) is 35.1 Å². The molecule has 100 valence electrons. The van der Waals surface area contributed by atoms with E-state index in [1.54, 1.807) is 19.2 Å². The van der Waals surface area contributed by atoms with Gasteiger partial charge in [0.1, 0.15) is 0 Å². The lowest BCUT2D eigenvalue weighted by Crippen LogP contribution is -2.31. The molecule has 2 N–H and O–H groups in total. The molecule has 0 fully saturated rings. The summed E-state index contributed by atoms with van der Waals surface area (Å²) in [6.45, 7) is 4.67. The number of benzene rings is 1. The first kappa shape index (κ1) is 15.0. The number of rotatable bonds is 6. The summed E-state index contributed by atoms with van der Waals surface area (Å²) >= 11 is 3.27. The first-order chi connectivity index (χ1) is 8.45. The summed E-state index contributed by atoms with van der Waals surface area (Å²) in [5.74, 6) is -0.603. The Bertz CT molecular complexity index is 421. The Kier molecular flexibility index (Phi) is 5.62. The number of carbonyl (C=O) groups is 1. The van der Waals surface area contributed by atoms with Crippen LogP contribution in [0.1, 0.15) is 24.2 Å². The highest BCUT2D eigenvalue weighted by atomic mass is 79.9. The van der Waals surface area contributed by atoms with Gasteiger partial charge in [-0.15, -0.1) is 0 Å². The molecule has 0 heterocycles. The molecule has 0 spiro atoms. The zero-order chi connectivity index (χ0) is 13.7. The van der Waals surface area contributed by atoms with Crippen molar-refractivity contribution in [3.05, 3.63) is 28.2 Å². The standard InChI is InChI=1S/C13H18BrNO3/c1-8(2)12(7-18-3)15-11-5-4-9(14)6-10(11)13(16)17/h4-6,8,12,15H,7H2,1-3H3,(H,16,17). The second kappa shape index (κ2) is 6.75. The molecule has 0 amide bonds. The van der Waals surface area contributed by atoms with Crippen LogP contribution < -0.4 is 5.32 Å². The van der Waals surface area contributed by atoms with Crippen LogP contribution in [0.2, 0.25) is 0 Å². The van der Waals surface area contributed by atoms with Crippen molar-refractivity contribution in [3.8, 4) is 0 Å². The molecule has 1 aromatic carbocycles. The second-order valence-electron chi connectivity index (χ2n) is 4.45. The molecule has 0 aliphatic heterocycles. The number of methoxy groups -OCH3 is 1. The van der Waals surface area contributed by atoms with Crippen molar-refractivity contribution in [2.75, 3.05) is 19.0 Å². The summed E-state index contributed by atoms with van der Waals surface area (Å²) in [6.07, 6.45) is 0. The molecule has 0 saturated heterocycles. The number of nitrogens with one attached hydrogen (secondary N) is 1. The fourth-order valence-corrected chi connectivity index (χ4v) is 1.96. The zero-order valence-corrected chi connectivity index (χ0v) is 12.3. The summed E-state index contributed by atoms with van der Waals surface area (Å²) in [5.41, 5.74) is 0.868. The lowest BCUT2D eigenvalue weighted by molar-refractivity contribution is 0.0697. The van der Waals surface area contributed by atoms with Crippen molar-refractivity contribution in [2.45, 2.75) is 19.9 Å². The van der Waals surface area contributed by atoms with Crippen LogP contribution in [0, 0.1) is 5.92 Å². The summed E-state index contributed by atoms with van der Waals surface area (Å²) in [6, 6.07) is 5.25. The molecule has 1 aromatic rings. The summed E-state index contributed by atoms with van der Waals surface area (Å²) in [5, 5.41) is 12.4. The van der Waals surface area contributed by atoms with E-state index in [9.17, 15) is 9.90 Å². The van der Waals surface area contributed by atoms with Gasteiger partial charge in [0.05, 0.1) is 18.2 Å². The molecule has 0 radical (unpaired) electrons. The molecule has 0 bridgehead atoms. The van der Waals surface area contributed by atoms with Gasteiger partial charge in [0.15, 0.2) is 0 Å². The third kappa shape index (κ3) is 3.99. The molecule has 0 aliphatic rings. The lowest BCUT2D eigenvalue weighted by Gasteiger charge is -2.23. The number of carboxylic acids is 1. The van der Waals surface area contributed by atoms with Crippen LogP contribution in [0.25, 0.3) is 0 Å². The van der Waals surface area contributed by atoms with E-state index >= 15 is 0 Å². The predicted molar refractivity (Wildman–Crippen MR) is 75.2 cm³/mol. The minimum absolute atomic E-state index is 0.0780. The maximum Gasteiger partial charge on any atom is 0.337 e. The molecule has 1 unspecified atom stereocenters. The topological polar surface area (TPSA) is 58.6 Å². The first-order valence-electron chi connectivity index (χ1n) is 5.74. The van der Waals surface area contributed by atoms with Crippen LogP contribution in [0.3, 0.4) is 0 Å². The quantitative estimate of drug-likeness (QED) is 0.846. The van der Waals surface area contributed by atoms with Gasteiger partial charge >= 0.3 is 5.97 Å². The third-order valence-electron chi connectivity index (χ3n) is 2.70. The van der Waals surface area contributed by atoms with E-state index in [0.717, 1.165) is 4.47 Å². The van der Waals surface area contributed by atoms with Crippen LogP contribution in [-0.4, -0.2) is 30.8 Å². The molecule has 0 aromatic heterocycles. The number of hydrogen-bond donors (Lipinski definition) is 2. The smallest absolute Gasteiger partial charge is 0.337 e. The van der Waals surface area contributed by atoms with Gasteiger partial charge in [0.25, 0.3) is 0 Å². The van der Waals surface area contributed by atoms with Gasteiger partial charge in [-0.3, -0.25) is 0 Å². The Hall–Kier alpha value is -1.07. The van der Waals surface area contributed by atoms with Gasteiger partial charge in [-0.2, -0.15) is 0 Å². The van der Waals surface area contributed by atoms with Crippen molar-refractivity contribution < 1.29 is 14.6 Å². The van der Waals surface area contributed by atoms with E-state index in [-0.39, 0.29) is 11.6 Å². The molecule has 18 heavy (non-hydrogen) atoms. The van der Waals surface area contributed by atoms with Gasteiger partial charge in [0, 0.05) is 17.3 Å². The van der Waals surface area contributed by atoms with Gasteiger partial charge in [-0.1, -0.05) is 29.8 Å². The summed E-state index contributed by atoms with van der Waals surface area (Å²) in [4.78, 5) is 11.2. The summed E-state index contributed by atoms with van der Waals surface area (Å²) < 4.78 is 5.89. The average Bonchev–Trinajstić information content (AvgIpc) is 2.30. The number of halogens is 1. The van der Waals surface area contributed by atoms with Crippen molar-refractivity contribution in [3.63, 3.8) is 0 Å². The molecule has 0 aliphatic carbocycles. The second-order valence-corrected chi connectivity index (χ2v) is 5.36. The Morgan fingerprint density at radius 2 is 2.17 bits per heavy atom. The highest BCUT2D eigenvalue weighted by molar-refractivity contribution is 9.10. The minimum atomic E-state index is -0.946. The molecule has 0 saturated carbocycles. The highest BCUT2D eigenvalue weighted by Gasteiger charge is 2.17. The van der Waals surface area contributed by atoms with Gasteiger partial charge < -0.3 is 15.2 Å². The van der Waals surface area contributed by atoms with Crippen molar-refractivity contribution in [2.24, 2.45) is 5.92 Å². The van der Waals surface area contributed by atoms with Gasteiger partial charge in [-0.25, -0.2) is 4.79 Å². The normalized spacial score (nSPS) is 12.5. The zero-order valence-electron chi connectivity index (χ0n) is 10.7. The maximum absolute atomic E-state index is 11.2. The molecular formula is C13H18BrNO3. The van der Waals surface area contributed by atoms with E-state index in [1.165, 1.54) is 0 Å². The van der Waals surface area contributed by atoms with Crippen LogP contribution in [0.15, 0.2) is 22.7 Å². The van der Waals surface area contributed by atoms with E-state index in [4.69, 9.17) is 4.74 Å². The monoisotopic (exact) mass is 315 g/mol. The SMILES string of the molecule is COCC(Nc1ccc(Br)cc1C(=O)O)C(C)C. The minimum Gasteiger partial charge on any atom is -0.478 e. The fourth-order valence-electron chi connectivity index (χ4n) is 1.60. The summed E-state index contributed by atoms with van der Waals surface area (Å²) in [7, 11) is 1.64. The van der Waals surface area contributed by atoms with Gasteiger partial charge in [-0.05, 0) is 24.1 Å². The van der Waals surface area contributed by atoms with Crippen LogP contribution in [0.4, 0.5) is 5.69 Å². The number of carboxylic acid groups (broad SMARTS) is 1. The number of hydrogen-bond acceptors (Lipinski definition) is 3. The Morgan fingerprint density at radius 3 is 2.67 bits per heavy atom. The number of ether oxygens (including phenoxy) is 1. The molecular weight excluding hydrogens is 298 g/mol. The highest BCUT2D eigenvalue weighted by Crippen LogP contribution is 2.23. The largest absolute Gasteiger partial charge is 0.478 e. The predicted octanol–water partition coefficient (Wildman–Crippen LogP) is 3.23. The first-order valence-corrected chi connectivity index (χ1v) is 6.53. The molecule has 1 atom stereocenters. The number of aromatic carboxylic acids is 1. The van der Waals surface area contributed by atoms with E-state index in [1.807, 2.05) is 6.07 Å². The van der Waals surface area contributed by atoms with Crippen molar-refractivity contribution in [1.29, 1.82) is 0 Å². The van der Waals surface area contributed by atoms with E-state index in [0.29, 0.717) is 18.2 Å². The average molecular weight is 316 g/mol. The van der Waals surface area contributed by atoms with E-state index < -0.39 is 5.97 Å². The number of anilines is 1. The Labute approximate surface area is 115 Å². The van der Waals surface area contributed by atoms with Crippen LogP contribution in [-0.2, 0) is 4.74 Å². The van der Waals surface area contributed by atoms with Crippen LogP contribution in [0.5, 0.6) is 0 Å². The Morgan fingerprint density at radius 1 is 1.50 bits per heavy atom. The Balaban J connectivity index is 2.98. The maximum atomic E-state index is 11.2.